The van der Waals surface area contributed by atoms with Crippen LogP contribution in [-0.4, -0.2) is 25.2 Å². The molecule has 0 aliphatic rings. The fourth-order valence-electron chi connectivity index (χ4n) is 4.86. The maximum absolute atomic E-state index is 5.93. The summed E-state index contributed by atoms with van der Waals surface area (Å²) < 4.78 is 0. The van der Waals surface area contributed by atoms with E-state index >= 15 is 0 Å². The third-order valence-electron chi connectivity index (χ3n) is 7.43. The topological polar surface area (TPSA) is 104 Å². The van der Waals surface area contributed by atoms with Crippen molar-refractivity contribution >= 4 is 0 Å². The zero-order valence-corrected chi connectivity index (χ0v) is 25.3. The first-order valence-corrected chi connectivity index (χ1v) is 16.5. The van der Waals surface area contributed by atoms with Gasteiger partial charge in [0.25, 0.3) is 0 Å². The lowest BCUT2D eigenvalue weighted by molar-refractivity contribution is 0.506. The number of nitrogens with two attached hydrogens (primary N) is 4. The molecule has 0 aromatic heterocycles. The smallest absolute Gasteiger partial charge is 0.00508 e. The molecular formula is C32H72N4. The molecule has 0 aromatic rings. The molecule has 0 aromatic carbocycles. The van der Waals surface area contributed by atoms with E-state index in [2.05, 4.69) is 13.8 Å². The molecule has 36 heavy (non-hydrogen) atoms. The lowest BCUT2D eigenvalue weighted by atomic mass is 10.0. The molecule has 0 spiro atoms. The Morgan fingerprint density at radius 3 is 0.778 bits per heavy atom. The molecule has 0 radical (unpaired) electrons. The predicted octanol–water partition coefficient (Wildman–Crippen LogP) is 8.73. The summed E-state index contributed by atoms with van der Waals surface area (Å²) >= 11 is 0. The average molecular weight is 513 g/mol. The highest BCUT2D eigenvalue weighted by molar-refractivity contribution is 4.62. The minimum absolute atomic E-state index is 0.341. The van der Waals surface area contributed by atoms with Gasteiger partial charge in [-0.1, -0.05) is 155 Å². The zero-order valence-electron chi connectivity index (χ0n) is 25.3. The van der Waals surface area contributed by atoms with Gasteiger partial charge in [0.1, 0.15) is 0 Å². The SMILES string of the molecule is CCCCCCCCCCCCC(N)CCN.CCCCCCCCCCCCCCC(N)CCN. The van der Waals surface area contributed by atoms with Crippen LogP contribution in [0.3, 0.4) is 0 Å². The molecule has 220 valence electrons. The first-order valence-electron chi connectivity index (χ1n) is 16.5. The van der Waals surface area contributed by atoms with Crippen LogP contribution < -0.4 is 22.9 Å². The fraction of sp³-hybridized carbons (Fsp3) is 1.00. The Kier molecular flexibility index (Phi) is 36.8. The Hall–Kier alpha value is -0.160. The third kappa shape index (κ3) is 36.0. The van der Waals surface area contributed by atoms with Crippen LogP contribution in [0.25, 0.3) is 0 Å². The minimum Gasteiger partial charge on any atom is -0.330 e. The lowest BCUT2D eigenvalue weighted by Crippen LogP contribution is -2.23. The molecule has 0 aliphatic carbocycles. The van der Waals surface area contributed by atoms with Gasteiger partial charge in [0.15, 0.2) is 0 Å². The van der Waals surface area contributed by atoms with Gasteiger partial charge in [0.05, 0.1) is 0 Å². The third-order valence-corrected chi connectivity index (χ3v) is 7.43. The van der Waals surface area contributed by atoms with E-state index in [0.717, 1.165) is 38.8 Å². The molecule has 0 rings (SSSR count). The highest BCUT2D eigenvalue weighted by Gasteiger charge is 2.01. The molecule has 0 aliphatic heterocycles. The van der Waals surface area contributed by atoms with Crippen LogP contribution >= 0.6 is 0 Å². The van der Waals surface area contributed by atoms with E-state index < -0.39 is 0 Å². The van der Waals surface area contributed by atoms with E-state index in [1.54, 1.807) is 0 Å². The summed E-state index contributed by atoms with van der Waals surface area (Å²) in [6, 6.07) is 0.683. The molecule has 0 saturated carbocycles. The first kappa shape index (κ1) is 38.0. The summed E-state index contributed by atoms with van der Waals surface area (Å²) in [6.07, 6.45) is 35.2. The molecule has 4 heteroatoms. The van der Waals surface area contributed by atoms with Crippen molar-refractivity contribution in [3.63, 3.8) is 0 Å². The van der Waals surface area contributed by atoms with Crippen molar-refractivity contribution in [2.45, 2.75) is 193 Å². The van der Waals surface area contributed by atoms with E-state index in [4.69, 9.17) is 22.9 Å². The van der Waals surface area contributed by atoms with Gasteiger partial charge in [0.2, 0.25) is 0 Å². The van der Waals surface area contributed by atoms with Gasteiger partial charge in [-0.3, -0.25) is 0 Å². The van der Waals surface area contributed by atoms with Crippen LogP contribution in [0.4, 0.5) is 0 Å². The van der Waals surface area contributed by atoms with Gasteiger partial charge < -0.3 is 22.9 Å². The van der Waals surface area contributed by atoms with Crippen molar-refractivity contribution in [2.75, 3.05) is 13.1 Å². The van der Waals surface area contributed by atoms with E-state index in [1.807, 2.05) is 0 Å². The Morgan fingerprint density at radius 2 is 0.556 bits per heavy atom. The van der Waals surface area contributed by atoms with Gasteiger partial charge in [0, 0.05) is 12.1 Å². The summed E-state index contributed by atoms with van der Waals surface area (Å²) in [4.78, 5) is 0. The van der Waals surface area contributed by atoms with Crippen LogP contribution in [0.2, 0.25) is 0 Å². The second-order valence-corrected chi connectivity index (χ2v) is 11.3. The zero-order chi connectivity index (χ0) is 27.0. The molecule has 0 amide bonds. The van der Waals surface area contributed by atoms with Crippen molar-refractivity contribution in [3.05, 3.63) is 0 Å². The maximum atomic E-state index is 5.93. The predicted molar refractivity (Wildman–Crippen MR) is 165 cm³/mol. The lowest BCUT2D eigenvalue weighted by Gasteiger charge is -2.09. The van der Waals surface area contributed by atoms with Crippen LogP contribution in [0.5, 0.6) is 0 Å². The minimum atomic E-state index is 0.341. The molecule has 0 heterocycles. The van der Waals surface area contributed by atoms with Gasteiger partial charge in [-0.2, -0.15) is 0 Å². The number of hydrogen-bond acceptors (Lipinski definition) is 4. The fourth-order valence-corrected chi connectivity index (χ4v) is 4.86. The van der Waals surface area contributed by atoms with Crippen molar-refractivity contribution in [3.8, 4) is 0 Å². The van der Waals surface area contributed by atoms with Gasteiger partial charge in [-0.25, -0.2) is 0 Å². The average Bonchev–Trinajstić information content (AvgIpc) is 2.86. The number of hydrogen-bond donors (Lipinski definition) is 4. The maximum Gasteiger partial charge on any atom is 0.00508 e. The van der Waals surface area contributed by atoms with Crippen LogP contribution in [0.1, 0.15) is 181 Å². The molecule has 4 nitrogen and oxygen atoms in total. The van der Waals surface area contributed by atoms with E-state index in [0.29, 0.717) is 12.1 Å². The quantitative estimate of drug-likeness (QED) is 0.0786. The summed E-state index contributed by atoms with van der Waals surface area (Å²) in [6.45, 7) is 6.02. The van der Waals surface area contributed by atoms with Crippen molar-refractivity contribution in [2.24, 2.45) is 22.9 Å². The molecule has 0 bridgehead atoms. The second-order valence-electron chi connectivity index (χ2n) is 11.3. The molecular weight excluding hydrogens is 440 g/mol. The van der Waals surface area contributed by atoms with Crippen molar-refractivity contribution in [1.29, 1.82) is 0 Å². The van der Waals surface area contributed by atoms with E-state index in [1.165, 1.54) is 141 Å². The molecule has 0 saturated heterocycles. The Balaban J connectivity index is 0. The standard InChI is InChI=1S/C17H38N2.C15H34N2/c1-2-3-4-5-6-7-8-9-10-11-12-13-14-17(19)15-16-18;1-2-3-4-5-6-7-8-9-10-11-12-15(17)13-14-16/h17H,2-16,18-19H2,1H3;15H,2-14,16-17H2,1H3. The number of unbranched alkanes of at least 4 members (excludes halogenated alkanes) is 20. The van der Waals surface area contributed by atoms with Crippen LogP contribution in [0, 0.1) is 0 Å². The van der Waals surface area contributed by atoms with Gasteiger partial charge in [-0.15, -0.1) is 0 Å². The van der Waals surface area contributed by atoms with E-state index in [-0.39, 0.29) is 0 Å². The first-order chi connectivity index (χ1) is 17.6. The number of rotatable bonds is 28. The molecule has 2 atom stereocenters. The Bertz CT molecular complexity index is 364. The largest absolute Gasteiger partial charge is 0.330 e. The van der Waals surface area contributed by atoms with Crippen LogP contribution in [0.15, 0.2) is 0 Å². The van der Waals surface area contributed by atoms with Crippen LogP contribution in [-0.2, 0) is 0 Å². The monoisotopic (exact) mass is 513 g/mol. The molecule has 0 fully saturated rings. The molecule has 8 N–H and O–H groups in total. The van der Waals surface area contributed by atoms with Gasteiger partial charge >= 0.3 is 0 Å². The summed E-state index contributed by atoms with van der Waals surface area (Å²) in [5.74, 6) is 0. The Morgan fingerprint density at radius 1 is 0.333 bits per heavy atom. The highest BCUT2D eigenvalue weighted by atomic mass is 14.7. The molecule has 2 unspecified atom stereocenters. The van der Waals surface area contributed by atoms with Gasteiger partial charge in [-0.05, 0) is 38.8 Å². The summed E-state index contributed by atoms with van der Waals surface area (Å²) in [5.41, 5.74) is 22.8. The van der Waals surface area contributed by atoms with E-state index in [9.17, 15) is 0 Å². The van der Waals surface area contributed by atoms with Crippen molar-refractivity contribution < 1.29 is 0 Å². The van der Waals surface area contributed by atoms with Crippen molar-refractivity contribution in [1.82, 2.24) is 0 Å². The normalized spacial score (nSPS) is 12.8. The highest BCUT2D eigenvalue weighted by Crippen LogP contribution is 2.14. The summed E-state index contributed by atoms with van der Waals surface area (Å²) in [5, 5.41) is 0. The summed E-state index contributed by atoms with van der Waals surface area (Å²) in [7, 11) is 0. The second kappa shape index (κ2) is 34.8. The Labute approximate surface area is 228 Å².